The van der Waals surface area contributed by atoms with Gasteiger partial charge in [0.1, 0.15) is 0 Å². The van der Waals surface area contributed by atoms with E-state index >= 15 is 0 Å². The van der Waals surface area contributed by atoms with Gasteiger partial charge in [0.05, 0.1) is 17.1 Å². The summed E-state index contributed by atoms with van der Waals surface area (Å²) in [4.78, 5) is 0. The van der Waals surface area contributed by atoms with E-state index in [0.29, 0.717) is 0 Å². The molecule has 38 valence electrons. The first-order chi connectivity index (χ1) is 3.68. The van der Waals surface area contributed by atoms with E-state index in [1.54, 1.807) is 17.1 Å². The third-order valence-corrected chi connectivity index (χ3v) is 2.01. The Kier molecular flexibility index (Phi) is 1.77. The highest BCUT2D eigenvalue weighted by Gasteiger charge is 2.27. The van der Waals surface area contributed by atoms with Gasteiger partial charge in [0, 0.05) is 0 Å². The summed E-state index contributed by atoms with van der Waals surface area (Å²) in [6.07, 6.45) is 0. The van der Waals surface area contributed by atoms with E-state index in [1.165, 1.54) is 6.55 Å². The fourth-order valence-corrected chi connectivity index (χ4v) is 0.225. The summed E-state index contributed by atoms with van der Waals surface area (Å²) in [6.45, 7) is 1.41. The van der Waals surface area contributed by atoms with Gasteiger partial charge in [0.25, 0.3) is 0 Å². The highest BCUT2D eigenvalue weighted by molar-refractivity contribution is 6.98. The van der Waals surface area contributed by atoms with Crippen molar-refractivity contribution in [2.75, 3.05) is 0 Å². The number of nitrogens with zero attached hydrogens (tertiary/aromatic N) is 3. The molecule has 0 aromatic rings. The Morgan fingerprint density at radius 3 is 1.25 bits per heavy atom. The zero-order valence-corrected chi connectivity index (χ0v) is 5.34. The second-order valence-electron chi connectivity index (χ2n) is 1.46. The van der Waals surface area contributed by atoms with Crippen molar-refractivity contribution in [1.29, 1.82) is 15.8 Å². The Bertz CT molecular complexity index is 165. The molecule has 0 amide bonds. The lowest BCUT2D eigenvalue weighted by molar-refractivity contribution is 1.50. The molecule has 4 heteroatoms. The van der Waals surface area contributed by atoms with E-state index in [2.05, 4.69) is 0 Å². The largest absolute Gasteiger partial charge is 0.388 e. The molecule has 0 saturated carbocycles. The molecule has 0 unspecified atom stereocenters. The van der Waals surface area contributed by atoms with Crippen LogP contribution in [-0.4, -0.2) is 8.07 Å². The van der Waals surface area contributed by atoms with E-state index in [-0.39, 0.29) is 0 Å². The Hall–Kier alpha value is -1.31. The summed E-state index contributed by atoms with van der Waals surface area (Å²) in [5.41, 5.74) is 5.08. The summed E-state index contributed by atoms with van der Waals surface area (Å²) >= 11 is 0. The lowest BCUT2D eigenvalue weighted by Crippen LogP contribution is -2.23. The van der Waals surface area contributed by atoms with Gasteiger partial charge in [0.15, 0.2) is 0 Å². The monoisotopic (exact) mass is 121 g/mol. The molecular weight excluding hydrogens is 118 g/mol. The molecule has 0 N–H and O–H groups in total. The Morgan fingerprint density at radius 2 is 1.25 bits per heavy atom. The smallest absolute Gasteiger partial charge is 0.204 e. The number of rotatable bonds is 0. The van der Waals surface area contributed by atoms with Gasteiger partial charge in [0.2, 0.25) is 0 Å². The molecule has 0 spiro atoms. The Morgan fingerprint density at radius 1 is 1.00 bits per heavy atom. The average molecular weight is 121 g/mol. The molecule has 0 bridgehead atoms. The van der Waals surface area contributed by atoms with Crippen LogP contribution in [0.3, 0.4) is 0 Å². The molecule has 0 rings (SSSR count). The lowest BCUT2D eigenvalue weighted by Gasteiger charge is -1.88. The first kappa shape index (κ1) is 6.69. The molecule has 0 aliphatic heterocycles. The van der Waals surface area contributed by atoms with Crippen LogP contribution in [0, 0.1) is 32.9 Å². The maximum absolute atomic E-state index is 8.15. The SMILES string of the molecule is C[Si](C#N)(C#N)C#N. The first-order valence-electron chi connectivity index (χ1n) is 1.92. The van der Waals surface area contributed by atoms with Gasteiger partial charge in [-0.15, -0.1) is 0 Å². The van der Waals surface area contributed by atoms with Crippen molar-refractivity contribution in [3.05, 3.63) is 0 Å². The zero-order chi connectivity index (χ0) is 6.62. The minimum atomic E-state index is -2.75. The standard InChI is InChI=1S/C4H3N3Si/c1-8(2-5,3-6)4-7/h1H3. The summed E-state index contributed by atoms with van der Waals surface area (Å²) in [5, 5.41) is 24.5. The van der Waals surface area contributed by atoms with Crippen molar-refractivity contribution in [2.45, 2.75) is 6.55 Å². The lowest BCUT2D eigenvalue weighted by atomic mass is 11.7. The highest BCUT2D eigenvalue weighted by Crippen LogP contribution is 1.93. The molecule has 0 fully saturated rings. The van der Waals surface area contributed by atoms with Gasteiger partial charge in [-0.05, 0) is 6.55 Å². The Labute approximate surface area is 48.4 Å². The van der Waals surface area contributed by atoms with Crippen LogP contribution < -0.4 is 0 Å². The molecule has 0 radical (unpaired) electrons. The van der Waals surface area contributed by atoms with Crippen molar-refractivity contribution < 1.29 is 0 Å². The molecule has 0 aromatic heterocycles. The van der Waals surface area contributed by atoms with Crippen molar-refractivity contribution in [3.8, 4) is 17.1 Å². The van der Waals surface area contributed by atoms with Crippen LogP contribution in [-0.2, 0) is 0 Å². The second kappa shape index (κ2) is 2.11. The predicted molar refractivity (Wildman–Crippen MR) is 28.5 cm³/mol. The highest BCUT2D eigenvalue weighted by atomic mass is 28.3. The predicted octanol–water partition coefficient (Wildman–Crippen LogP) is 0.253. The van der Waals surface area contributed by atoms with Gasteiger partial charge >= 0.3 is 8.07 Å². The number of nitriles is 3. The molecule has 0 heterocycles. The first-order valence-corrected chi connectivity index (χ1v) is 4.42. The van der Waals surface area contributed by atoms with Crippen molar-refractivity contribution >= 4 is 8.07 Å². The molecule has 0 aromatic carbocycles. The fraction of sp³-hybridized carbons (Fsp3) is 0.250. The van der Waals surface area contributed by atoms with Gasteiger partial charge in [-0.2, -0.15) is 0 Å². The summed E-state index contributed by atoms with van der Waals surface area (Å²) in [6, 6.07) is 0. The van der Waals surface area contributed by atoms with Gasteiger partial charge < -0.3 is 0 Å². The quantitative estimate of drug-likeness (QED) is 0.431. The summed E-state index contributed by atoms with van der Waals surface area (Å²) < 4.78 is 0. The molecule has 8 heavy (non-hydrogen) atoms. The summed E-state index contributed by atoms with van der Waals surface area (Å²) in [5.74, 6) is 0. The van der Waals surface area contributed by atoms with Crippen LogP contribution in [0.4, 0.5) is 0 Å². The molecule has 3 nitrogen and oxygen atoms in total. The molecule has 0 aliphatic rings. The van der Waals surface area contributed by atoms with E-state index < -0.39 is 8.07 Å². The van der Waals surface area contributed by atoms with Gasteiger partial charge in [-0.3, -0.25) is 0 Å². The van der Waals surface area contributed by atoms with Crippen LogP contribution in [0.5, 0.6) is 0 Å². The number of hydrogen-bond acceptors (Lipinski definition) is 3. The van der Waals surface area contributed by atoms with Gasteiger partial charge in [-0.1, -0.05) is 0 Å². The van der Waals surface area contributed by atoms with Crippen LogP contribution in [0.1, 0.15) is 0 Å². The van der Waals surface area contributed by atoms with E-state index in [0.717, 1.165) is 0 Å². The van der Waals surface area contributed by atoms with E-state index in [1.807, 2.05) is 0 Å². The maximum Gasteiger partial charge on any atom is 0.388 e. The maximum atomic E-state index is 8.15. The topological polar surface area (TPSA) is 71.4 Å². The van der Waals surface area contributed by atoms with Crippen LogP contribution >= 0.6 is 0 Å². The van der Waals surface area contributed by atoms with Gasteiger partial charge in [-0.25, -0.2) is 15.8 Å². The fourth-order valence-electron chi connectivity index (χ4n) is 0.0750. The minimum Gasteiger partial charge on any atom is -0.204 e. The van der Waals surface area contributed by atoms with Crippen molar-refractivity contribution in [1.82, 2.24) is 0 Å². The van der Waals surface area contributed by atoms with E-state index in [9.17, 15) is 0 Å². The second-order valence-corrected chi connectivity index (χ2v) is 4.38. The summed E-state index contributed by atoms with van der Waals surface area (Å²) in [7, 11) is -2.75. The number of hydrogen-bond donors (Lipinski definition) is 0. The molecule has 0 saturated heterocycles. The van der Waals surface area contributed by atoms with Crippen LogP contribution in [0.25, 0.3) is 0 Å². The van der Waals surface area contributed by atoms with E-state index in [4.69, 9.17) is 15.8 Å². The van der Waals surface area contributed by atoms with Crippen LogP contribution in [0.2, 0.25) is 6.55 Å². The normalized spacial score (nSPS) is 8.25. The third kappa shape index (κ3) is 1.08. The van der Waals surface area contributed by atoms with Crippen molar-refractivity contribution in [3.63, 3.8) is 0 Å². The molecular formula is C4H3N3Si. The van der Waals surface area contributed by atoms with Crippen molar-refractivity contribution in [2.24, 2.45) is 0 Å². The molecule has 0 atom stereocenters. The zero-order valence-electron chi connectivity index (χ0n) is 4.34. The van der Waals surface area contributed by atoms with Crippen LogP contribution in [0.15, 0.2) is 0 Å². The Balaban J connectivity index is 4.42. The molecule has 0 aliphatic carbocycles. The average Bonchev–Trinajstić information content (AvgIpc) is 1.87. The third-order valence-electron chi connectivity index (χ3n) is 0.671. The minimum absolute atomic E-state index is 1.41.